The molecule has 0 bridgehead atoms. The third-order valence-electron chi connectivity index (χ3n) is 3.84. The van der Waals surface area contributed by atoms with E-state index in [0.29, 0.717) is 0 Å². The average molecular weight is 293 g/mol. The van der Waals surface area contributed by atoms with Gasteiger partial charge in [0.15, 0.2) is 0 Å². The first-order valence-electron chi connectivity index (χ1n) is 8.39. The molecule has 2 heteroatoms. The topological polar surface area (TPSA) is 3.24 Å². The monoisotopic (exact) mass is 293 g/mol. The molecule has 1 aromatic carbocycles. The van der Waals surface area contributed by atoms with Gasteiger partial charge in [-0.1, -0.05) is 70.6 Å². The molecular formula is C18H32NP. The molecule has 1 aromatic rings. The maximum absolute atomic E-state index is 2.89. The number of benzene rings is 1. The number of nitrogens with zero attached hydrogens (tertiary/aromatic N) is 1. The van der Waals surface area contributed by atoms with Crippen molar-refractivity contribution in [1.29, 1.82) is 0 Å². The Hall–Kier alpha value is -0.550. The molecule has 0 aliphatic heterocycles. The van der Waals surface area contributed by atoms with Crippen LogP contribution in [0.2, 0.25) is 0 Å². The summed E-state index contributed by atoms with van der Waals surface area (Å²) >= 11 is 0. The second kappa shape index (κ2) is 11.1. The third-order valence-corrected chi connectivity index (χ3v) is 4.33. The van der Waals surface area contributed by atoms with Crippen LogP contribution in [-0.2, 0) is 0 Å². The van der Waals surface area contributed by atoms with E-state index in [4.69, 9.17) is 0 Å². The van der Waals surface area contributed by atoms with Crippen molar-refractivity contribution < 1.29 is 0 Å². The molecule has 0 N–H and O–H groups in total. The Labute approximate surface area is 128 Å². The van der Waals surface area contributed by atoms with Gasteiger partial charge in [0.1, 0.15) is 0 Å². The van der Waals surface area contributed by atoms with Crippen molar-refractivity contribution in [2.75, 3.05) is 18.0 Å². The smallest absolute Gasteiger partial charge is 0.0438 e. The molecule has 114 valence electrons. The molecule has 0 aromatic heterocycles. The van der Waals surface area contributed by atoms with Gasteiger partial charge in [-0.2, -0.15) is 0 Å². The van der Waals surface area contributed by atoms with Gasteiger partial charge >= 0.3 is 0 Å². The van der Waals surface area contributed by atoms with Crippen LogP contribution in [0.15, 0.2) is 24.3 Å². The molecule has 0 fully saturated rings. The average Bonchev–Trinajstić information content (AvgIpc) is 2.46. The van der Waals surface area contributed by atoms with Crippen LogP contribution in [0.4, 0.5) is 5.69 Å². The number of unbranched alkanes of at least 4 members (excludes halogenated alkanes) is 6. The molecule has 0 amide bonds. The molecular weight excluding hydrogens is 261 g/mol. The van der Waals surface area contributed by atoms with Crippen LogP contribution in [0.5, 0.6) is 0 Å². The Morgan fingerprint density at radius 3 is 1.85 bits per heavy atom. The lowest BCUT2D eigenvalue weighted by Gasteiger charge is -2.26. The number of hydrogen-bond donors (Lipinski definition) is 0. The normalized spacial score (nSPS) is 10.8. The molecule has 0 heterocycles. The van der Waals surface area contributed by atoms with Gasteiger partial charge in [-0.15, -0.1) is 9.24 Å². The van der Waals surface area contributed by atoms with E-state index in [9.17, 15) is 0 Å². The van der Waals surface area contributed by atoms with Crippen LogP contribution in [0, 0.1) is 0 Å². The van der Waals surface area contributed by atoms with Gasteiger partial charge in [0.25, 0.3) is 0 Å². The van der Waals surface area contributed by atoms with E-state index in [1.807, 2.05) is 0 Å². The SMILES string of the molecule is CCCCCCN(CCCCCC)c1ccccc1P. The van der Waals surface area contributed by atoms with E-state index in [0.717, 1.165) is 0 Å². The van der Waals surface area contributed by atoms with Crippen molar-refractivity contribution in [3.05, 3.63) is 24.3 Å². The summed E-state index contributed by atoms with van der Waals surface area (Å²) in [6.45, 7) is 6.97. The van der Waals surface area contributed by atoms with Crippen LogP contribution in [0.25, 0.3) is 0 Å². The molecule has 1 atom stereocenters. The Kier molecular flexibility index (Phi) is 9.75. The first-order valence-corrected chi connectivity index (χ1v) is 8.96. The van der Waals surface area contributed by atoms with Crippen molar-refractivity contribution in [2.45, 2.75) is 65.2 Å². The highest BCUT2D eigenvalue weighted by Gasteiger charge is 2.08. The molecule has 1 nitrogen and oxygen atoms in total. The lowest BCUT2D eigenvalue weighted by molar-refractivity contribution is 0.609. The zero-order chi connectivity index (χ0) is 14.6. The fourth-order valence-electron chi connectivity index (χ4n) is 2.59. The van der Waals surface area contributed by atoms with Gasteiger partial charge in [-0.25, -0.2) is 0 Å². The summed E-state index contributed by atoms with van der Waals surface area (Å²) in [4.78, 5) is 2.59. The number of anilines is 1. The second-order valence-electron chi connectivity index (χ2n) is 5.67. The minimum absolute atomic E-state index is 1.21. The molecule has 0 aliphatic carbocycles. The summed E-state index contributed by atoms with van der Waals surface area (Å²) < 4.78 is 0. The molecule has 0 radical (unpaired) electrons. The van der Waals surface area contributed by atoms with Gasteiger partial charge < -0.3 is 4.90 Å². The molecule has 0 saturated heterocycles. The van der Waals surface area contributed by atoms with E-state index in [1.165, 1.54) is 75.4 Å². The summed E-state index contributed by atoms with van der Waals surface area (Å²) in [5.41, 5.74) is 1.41. The van der Waals surface area contributed by atoms with Gasteiger partial charge in [0.05, 0.1) is 0 Å². The second-order valence-corrected chi connectivity index (χ2v) is 6.29. The van der Waals surface area contributed by atoms with E-state index < -0.39 is 0 Å². The molecule has 0 saturated carbocycles. The predicted octanol–water partition coefficient (Wildman–Crippen LogP) is 5.15. The van der Waals surface area contributed by atoms with E-state index >= 15 is 0 Å². The summed E-state index contributed by atoms with van der Waals surface area (Å²) in [5.74, 6) is 0. The molecule has 20 heavy (non-hydrogen) atoms. The minimum Gasteiger partial charge on any atom is -0.371 e. The lowest BCUT2D eigenvalue weighted by atomic mass is 10.1. The Morgan fingerprint density at radius 2 is 1.35 bits per heavy atom. The van der Waals surface area contributed by atoms with Crippen LogP contribution >= 0.6 is 9.24 Å². The largest absolute Gasteiger partial charge is 0.371 e. The molecule has 1 unspecified atom stereocenters. The van der Waals surface area contributed by atoms with Crippen LogP contribution in [-0.4, -0.2) is 13.1 Å². The Bertz CT molecular complexity index is 339. The predicted molar refractivity (Wildman–Crippen MR) is 96.3 cm³/mol. The molecule has 0 aliphatic rings. The highest BCUT2D eigenvalue weighted by molar-refractivity contribution is 7.28. The first-order chi connectivity index (χ1) is 9.79. The number of para-hydroxylation sites is 1. The van der Waals surface area contributed by atoms with E-state index in [-0.39, 0.29) is 0 Å². The van der Waals surface area contributed by atoms with E-state index in [1.54, 1.807) is 0 Å². The summed E-state index contributed by atoms with van der Waals surface area (Å²) in [6, 6.07) is 8.75. The quantitative estimate of drug-likeness (QED) is 0.402. The fraction of sp³-hybridized carbons (Fsp3) is 0.667. The maximum atomic E-state index is 2.89. The fourth-order valence-corrected chi connectivity index (χ4v) is 2.98. The summed E-state index contributed by atoms with van der Waals surface area (Å²) in [7, 11) is 2.89. The lowest BCUT2D eigenvalue weighted by Crippen LogP contribution is -2.28. The van der Waals surface area contributed by atoms with Gasteiger partial charge in [-0.05, 0) is 24.2 Å². The van der Waals surface area contributed by atoms with Crippen LogP contribution in [0.1, 0.15) is 65.2 Å². The van der Waals surface area contributed by atoms with Gasteiger partial charge in [-0.3, -0.25) is 0 Å². The van der Waals surface area contributed by atoms with Crippen molar-refractivity contribution in [3.63, 3.8) is 0 Å². The van der Waals surface area contributed by atoms with Crippen molar-refractivity contribution in [2.24, 2.45) is 0 Å². The van der Waals surface area contributed by atoms with Crippen molar-refractivity contribution in [1.82, 2.24) is 0 Å². The van der Waals surface area contributed by atoms with Crippen LogP contribution < -0.4 is 10.2 Å². The number of hydrogen-bond acceptors (Lipinski definition) is 1. The third kappa shape index (κ3) is 6.75. The maximum Gasteiger partial charge on any atom is 0.0438 e. The minimum atomic E-state index is 1.21. The zero-order valence-electron chi connectivity index (χ0n) is 13.4. The van der Waals surface area contributed by atoms with Crippen molar-refractivity contribution >= 4 is 20.2 Å². The van der Waals surface area contributed by atoms with E-state index in [2.05, 4.69) is 52.3 Å². The molecule has 1 rings (SSSR count). The zero-order valence-corrected chi connectivity index (χ0v) is 14.6. The summed E-state index contributed by atoms with van der Waals surface area (Å²) in [6.07, 6.45) is 10.7. The number of rotatable bonds is 11. The standard InChI is InChI=1S/C18H32NP/c1-3-5-7-11-15-19(16-12-8-6-4-2)17-13-9-10-14-18(17)20/h9-10,13-14H,3-8,11-12,15-16,20H2,1-2H3. The summed E-state index contributed by atoms with van der Waals surface area (Å²) in [5, 5.41) is 1.33. The highest BCUT2D eigenvalue weighted by Crippen LogP contribution is 2.16. The Morgan fingerprint density at radius 1 is 0.800 bits per heavy atom. The first kappa shape index (κ1) is 17.5. The van der Waals surface area contributed by atoms with Gasteiger partial charge in [0.2, 0.25) is 0 Å². The van der Waals surface area contributed by atoms with Gasteiger partial charge in [0, 0.05) is 18.8 Å². The highest BCUT2D eigenvalue weighted by atomic mass is 31.0. The van der Waals surface area contributed by atoms with Crippen molar-refractivity contribution in [3.8, 4) is 0 Å². The Balaban J connectivity index is 2.52. The molecule has 0 spiro atoms. The van der Waals surface area contributed by atoms with Crippen LogP contribution in [0.3, 0.4) is 0 Å².